The van der Waals surface area contributed by atoms with Crippen LogP contribution in [0.5, 0.6) is 0 Å². The summed E-state index contributed by atoms with van der Waals surface area (Å²) in [6.45, 7) is 0.719. The first kappa shape index (κ1) is 14.3. The van der Waals surface area contributed by atoms with Gasteiger partial charge in [-0.2, -0.15) is 0 Å². The second-order valence-corrected chi connectivity index (χ2v) is 5.85. The molecule has 0 spiro atoms. The zero-order valence-corrected chi connectivity index (χ0v) is 11.3. The Kier molecular flexibility index (Phi) is 4.45. The Bertz CT molecular complexity index is 339. The number of carboxylic acid groups (broad SMARTS) is 1. The summed E-state index contributed by atoms with van der Waals surface area (Å²) in [4.78, 5) is 25.1. The van der Waals surface area contributed by atoms with E-state index in [2.05, 4.69) is 0 Å². The Morgan fingerprint density at radius 3 is 2.00 bits per heavy atom. The van der Waals surface area contributed by atoms with Crippen molar-refractivity contribution in [3.8, 4) is 0 Å². The molecule has 0 bridgehead atoms. The third-order valence-corrected chi connectivity index (χ3v) is 4.50. The predicted octanol–water partition coefficient (Wildman–Crippen LogP) is 1.39. The van der Waals surface area contributed by atoms with Crippen LogP contribution < -0.4 is 0 Å². The van der Waals surface area contributed by atoms with Gasteiger partial charge in [-0.1, -0.05) is 25.7 Å². The number of rotatable bonds is 2. The third-order valence-electron chi connectivity index (χ3n) is 4.50. The fraction of sp³-hybridized carbons (Fsp3) is 0.857. The molecule has 19 heavy (non-hydrogen) atoms. The van der Waals surface area contributed by atoms with Gasteiger partial charge in [-0.25, -0.2) is 4.79 Å². The first-order valence-electron chi connectivity index (χ1n) is 7.27. The highest BCUT2D eigenvalue weighted by atomic mass is 16.4. The molecule has 1 saturated carbocycles. The van der Waals surface area contributed by atoms with E-state index in [1.54, 1.807) is 4.90 Å². The van der Waals surface area contributed by atoms with Gasteiger partial charge in [0.05, 0.1) is 0 Å². The molecular weight excluding hydrogens is 246 g/mol. The van der Waals surface area contributed by atoms with Crippen molar-refractivity contribution in [1.82, 2.24) is 4.90 Å². The van der Waals surface area contributed by atoms with Crippen LogP contribution >= 0.6 is 0 Å². The number of hydrogen-bond donors (Lipinski definition) is 2. The molecule has 5 nitrogen and oxygen atoms in total. The van der Waals surface area contributed by atoms with E-state index in [1.807, 2.05) is 0 Å². The molecule has 0 radical (unpaired) electrons. The first-order chi connectivity index (χ1) is 9.03. The summed E-state index contributed by atoms with van der Waals surface area (Å²) in [5.41, 5.74) is -1.64. The lowest BCUT2D eigenvalue weighted by Crippen LogP contribution is -2.51. The number of carbonyl (C=O) groups excluding carboxylic acids is 1. The summed E-state index contributed by atoms with van der Waals surface area (Å²) >= 11 is 0. The number of carbonyl (C=O) groups is 2. The van der Waals surface area contributed by atoms with E-state index in [-0.39, 0.29) is 24.7 Å². The van der Waals surface area contributed by atoms with Crippen LogP contribution in [0.2, 0.25) is 0 Å². The van der Waals surface area contributed by atoms with Crippen LogP contribution in [0, 0.1) is 5.92 Å². The second-order valence-electron chi connectivity index (χ2n) is 5.85. The molecule has 1 heterocycles. The predicted molar refractivity (Wildman–Crippen MR) is 69.6 cm³/mol. The van der Waals surface area contributed by atoms with Crippen LogP contribution in [0.25, 0.3) is 0 Å². The lowest BCUT2D eigenvalue weighted by molar-refractivity contribution is -0.166. The molecule has 0 aromatic rings. The molecule has 1 amide bonds. The van der Waals surface area contributed by atoms with E-state index in [1.165, 1.54) is 12.8 Å². The second kappa shape index (κ2) is 5.90. The average molecular weight is 269 g/mol. The van der Waals surface area contributed by atoms with Crippen LogP contribution in [-0.2, 0) is 9.59 Å². The smallest absolute Gasteiger partial charge is 0.335 e. The monoisotopic (exact) mass is 269 g/mol. The zero-order chi connectivity index (χ0) is 13.9. The maximum absolute atomic E-state index is 12.4. The van der Waals surface area contributed by atoms with Gasteiger partial charge < -0.3 is 15.1 Å². The van der Waals surface area contributed by atoms with E-state index in [0.29, 0.717) is 13.1 Å². The number of piperidine rings is 1. The SMILES string of the molecule is O=C(C1CCCCCC1)N1CCC(O)(C(=O)O)CC1. The Labute approximate surface area is 113 Å². The quantitative estimate of drug-likeness (QED) is 0.743. The maximum atomic E-state index is 12.4. The number of hydrogen-bond acceptors (Lipinski definition) is 3. The highest BCUT2D eigenvalue weighted by Crippen LogP contribution is 2.28. The number of aliphatic hydroxyl groups is 1. The van der Waals surface area contributed by atoms with E-state index in [4.69, 9.17) is 5.11 Å². The summed E-state index contributed by atoms with van der Waals surface area (Å²) in [5.74, 6) is -0.901. The lowest BCUT2D eigenvalue weighted by Gasteiger charge is -2.36. The molecule has 0 aromatic carbocycles. The first-order valence-corrected chi connectivity index (χ1v) is 7.27. The summed E-state index contributed by atoms with van der Waals surface area (Å²) in [5, 5.41) is 18.8. The van der Waals surface area contributed by atoms with Crippen molar-refractivity contribution < 1.29 is 19.8 Å². The number of nitrogens with zero attached hydrogens (tertiary/aromatic N) is 1. The molecule has 2 aliphatic rings. The normalized spacial score (nSPS) is 24.8. The average Bonchev–Trinajstić information content (AvgIpc) is 2.67. The highest BCUT2D eigenvalue weighted by molar-refractivity contribution is 5.80. The molecule has 1 saturated heterocycles. The van der Waals surface area contributed by atoms with Gasteiger partial charge in [0, 0.05) is 31.8 Å². The van der Waals surface area contributed by atoms with Crippen molar-refractivity contribution in [2.75, 3.05) is 13.1 Å². The molecule has 108 valence electrons. The largest absolute Gasteiger partial charge is 0.479 e. The Hall–Kier alpha value is -1.10. The van der Waals surface area contributed by atoms with Gasteiger partial charge in [-0.05, 0) is 12.8 Å². The van der Waals surface area contributed by atoms with Crippen LogP contribution in [0.15, 0.2) is 0 Å². The van der Waals surface area contributed by atoms with Crippen molar-refractivity contribution in [2.24, 2.45) is 5.92 Å². The van der Waals surface area contributed by atoms with Gasteiger partial charge in [0.15, 0.2) is 5.60 Å². The number of carboxylic acids is 1. The Balaban J connectivity index is 1.90. The van der Waals surface area contributed by atoms with Gasteiger partial charge in [0.1, 0.15) is 0 Å². The van der Waals surface area contributed by atoms with E-state index in [9.17, 15) is 14.7 Å². The van der Waals surface area contributed by atoms with Crippen LogP contribution in [0.4, 0.5) is 0 Å². The number of aliphatic carboxylic acids is 1. The number of amides is 1. The fourth-order valence-corrected chi connectivity index (χ4v) is 3.10. The molecular formula is C14H23NO4. The van der Waals surface area contributed by atoms with E-state index < -0.39 is 11.6 Å². The van der Waals surface area contributed by atoms with Crippen molar-refractivity contribution >= 4 is 11.9 Å². The fourth-order valence-electron chi connectivity index (χ4n) is 3.10. The van der Waals surface area contributed by atoms with E-state index >= 15 is 0 Å². The van der Waals surface area contributed by atoms with Crippen molar-refractivity contribution in [2.45, 2.75) is 57.0 Å². The molecule has 2 fully saturated rings. The minimum atomic E-state index is -1.64. The maximum Gasteiger partial charge on any atom is 0.335 e. The highest BCUT2D eigenvalue weighted by Gasteiger charge is 2.41. The van der Waals surface area contributed by atoms with Gasteiger partial charge >= 0.3 is 5.97 Å². The number of likely N-dealkylation sites (tertiary alicyclic amines) is 1. The van der Waals surface area contributed by atoms with Crippen LogP contribution in [-0.4, -0.2) is 45.7 Å². The molecule has 5 heteroatoms. The minimum absolute atomic E-state index is 0.110. The molecule has 0 aromatic heterocycles. The molecule has 0 unspecified atom stereocenters. The van der Waals surface area contributed by atoms with Crippen LogP contribution in [0.1, 0.15) is 51.4 Å². The summed E-state index contributed by atoms with van der Waals surface area (Å²) in [6, 6.07) is 0. The van der Waals surface area contributed by atoms with E-state index in [0.717, 1.165) is 25.7 Å². The molecule has 2 rings (SSSR count). The van der Waals surface area contributed by atoms with Crippen molar-refractivity contribution in [1.29, 1.82) is 0 Å². The summed E-state index contributed by atoms with van der Waals surface area (Å²) < 4.78 is 0. The minimum Gasteiger partial charge on any atom is -0.479 e. The van der Waals surface area contributed by atoms with Crippen LogP contribution in [0.3, 0.4) is 0 Å². The van der Waals surface area contributed by atoms with Crippen molar-refractivity contribution in [3.05, 3.63) is 0 Å². The Morgan fingerprint density at radius 2 is 1.53 bits per heavy atom. The van der Waals surface area contributed by atoms with Gasteiger partial charge in [0.2, 0.25) is 5.91 Å². The summed E-state index contributed by atoms with van der Waals surface area (Å²) in [6.07, 6.45) is 6.84. The summed E-state index contributed by atoms with van der Waals surface area (Å²) in [7, 11) is 0. The molecule has 2 N–H and O–H groups in total. The topological polar surface area (TPSA) is 77.8 Å². The zero-order valence-electron chi connectivity index (χ0n) is 11.3. The third kappa shape index (κ3) is 3.26. The van der Waals surface area contributed by atoms with Gasteiger partial charge in [-0.3, -0.25) is 4.79 Å². The van der Waals surface area contributed by atoms with Gasteiger partial charge in [-0.15, -0.1) is 0 Å². The Morgan fingerprint density at radius 1 is 1.00 bits per heavy atom. The lowest BCUT2D eigenvalue weighted by atomic mass is 9.90. The standard InChI is InChI=1S/C14H23NO4/c16-12(11-5-3-1-2-4-6-11)15-9-7-14(19,8-10-15)13(17)18/h11,19H,1-10H2,(H,17,18). The molecule has 1 aliphatic carbocycles. The van der Waals surface area contributed by atoms with Crippen molar-refractivity contribution in [3.63, 3.8) is 0 Å². The molecule has 1 aliphatic heterocycles. The molecule has 0 atom stereocenters. The van der Waals surface area contributed by atoms with Gasteiger partial charge in [0.25, 0.3) is 0 Å².